The summed E-state index contributed by atoms with van der Waals surface area (Å²) in [4.78, 5) is 24.5. The van der Waals surface area contributed by atoms with Crippen molar-refractivity contribution in [3.63, 3.8) is 0 Å². The monoisotopic (exact) mass is 312 g/mol. The van der Waals surface area contributed by atoms with Crippen molar-refractivity contribution in [3.05, 3.63) is 53.6 Å². The van der Waals surface area contributed by atoms with E-state index in [2.05, 4.69) is 9.97 Å². The molecule has 0 N–H and O–H groups in total. The molecule has 1 fully saturated rings. The fourth-order valence-corrected chi connectivity index (χ4v) is 3.78. The first-order valence-corrected chi connectivity index (χ1v) is 8.31. The Morgan fingerprint density at radius 1 is 1.41 bits per heavy atom. The van der Waals surface area contributed by atoms with Crippen LogP contribution in [0.5, 0.6) is 0 Å². The van der Waals surface area contributed by atoms with E-state index in [0.717, 1.165) is 35.7 Å². The Balaban J connectivity index is 1.52. The molecule has 0 bridgehead atoms. The summed E-state index contributed by atoms with van der Waals surface area (Å²) < 4.78 is 1.97. The highest BCUT2D eigenvalue weighted by molar-refractivity contribution is 7.15. The van der Waals surface area contributed by atoms with Gasteiger partial charge in [0.05, 0.1) is 23.9 Å². The van der Waals surface area contributed by atoms with Gasteiger partial charge in [-0.3, -0.25) is 14.2 Å². The number of fused-ring (bicyclic) bond motifs is 1. The van der Waals surface area contributed by atoms with Crippen LogP contribution in [0.15, 0.2) is 42.2 Å². The highest BCUT2D eigenvalue weighted by Crippen LogP contribution is 2.31. The zero-order chi connectivity index (χ0) is 14.9. The van der Waals surface area contributed by atoms with Gasteiger partial charge in [-0.15, -0.1) is 11.3 Å². The van der Waals surface area contributed by atoms with Crippen molar-refractivity contribution in [1.29, 1.82) is 0 Å². The number of likely N-dealkylation sites (tertiary alicyclic amines) is 1. The number of amides is 1. The third-order valence-corrected chi connectivity index (χ3v) is 4.85. The molecule has 1 atom stereocenters. The van der Waals surface area contributed by atoms with E-state index in [9.17, 15) is 4.79 Å². The summed E-state index contributed by atoms with van der Waals surface area (Å²) in [7, 11) is 0. The maximum atomic E-state index is 12.6. The molecule has 0 aliphatic carbocycles. The summed E-state index contributed by atoms with van der Waals surface area (Å²) in [5.74, 6) is 0.138. The number of hydrogen-bond acceptors (Lipinski definition) is 4. The van der Waals surface area contributed by atoms with Gasteiger partial charge in [-0.2, -0.15) is 0 Å². The number of aromatic nitrogens is 3. The van der Waals surface area contributed by atoms with Crippen molar-refractivity contribution < 1.29 is 4.79 Å². The molecule has 3 aromatic heterocycles. The SMILES string of the molecule is O=C(Cc1cn2ccsc2n1)N1CCCC1c1ccccn1. The van der Waals surface area contributed by atoms with E-state index in [4.69, 9.17) is 0 Å². The van der Waals surface area contributed by atoms with Crippen LogP contribution in [0.2, 0.25) is 0 Å². The van der Waals surface area contributed by atoms with Gasteiger partial charge in [0, 0.05) is 30.5 Å². The van der Waals surface area contributed by atoms with Crippen LogP contribution < -0.4 is 0 Å². The molecular formula is C16H16N4OS. The molecule has 0 radical (unpaired) electrons. The number of thiazole rings is 1. The number of pyridine rings is 1. The summed E-state index contributed by atoms with van der Waals surface area (Å²) in [5, 5.41) is 1.99. The van der Waals surface area contributed by atoms with Crippen LogP contribution in [0.1, 0.15) is 30.3 Å². The Morgan fingerprint density at radius 2 is 2.36 bits per heavy atom. The number of hydrogen-bond donors (Lipinski definition) is 0. The Bertz CT molecular complexity index is 766. The lowest BCUT2D eigenvalue weighted by molar-refractivity contribution is -0.131. The molecule has 1 aliphatic rings. The van der Waals surface area contributed by atoms with Gasteiger partial charge in [-0.1, -0.05) is 6.07 Å². The maximum Gasteiger partial charge on any atom is 0.229 e. The van der Waals surface area contributed by atoms with Gasteiger partial charge in [-0.25, -0.2) is 4.98 Å². The van der Waals surface area contributed by atoms with E-state index in [1.54, 1.807) is 17.5 Å². The average Bonchev–Trinajstić information content (AvgIpc) is 3.23. The van der Waals surface area contributed by atoms with Gasteiger partial charge >= 0.3 is 0 Å². The minimum absolute atomic E-state index is 0.109. The second-order valence-corrected chi connectivity index (χ2v) is 6.37. The molecular weight excluding hydrogens is 296 g/mol. The highest BCUT2D eigenvalue weighted by atomic mass is 32.1. The normalized spacial score (nSPS) is 18.2. The second-order valence-electron chi connectivity index (χ2n) is 5.50. The van der Waals surface area contributed by atoms with Crippen molar-refractivity contribution in [1.82, 2.24) is 19.3 Å². The van der Waals surface area contributed by atoms with Crippen molar-refractivity contribution in [3.8, 4) is 0 Å². The lowest BCUT2D eigenvalue weighted by atomic mass is 10.1. The first-order valence-electron chi connectivity index (χ1n) is 7.43. The van der Waals surface area contributed by atoms with Crippen LogP contribution in [0.25, 0.3) is 4.96 Å². The summed E-state index contributed by atoms with van der Waals surface area (Å²) in [6.07, 6.45) is 8.08. The molecule has 3 aromatic rings. The van der Waals surface area contributed by atoms with Crippen LogP contribution in [-0.4, -0.2) is 31.7 Å². The third-order valence-electron chi connectivity index (χ3n) is 4.08. The predicted molar refractivity (Wildman–Crippen MR) is 84.7 cm³/mol. The molecule has 6 heteroatoms. The molecule has 4 rings (SSSR count). The van der Waals surface area contributed by atoms with Gasteiger partial charge in [0.25, 0.3) is 0 Å². The largest absolute Gasteiger partial charge is 0.334 e. The van der Waals surface area contributed by atoms with Crippen molar-refractivity contribution in [2.24, 2.45) is 0 Å². The minimum Gasteiger partial charge on any atom is -0.334 e. The van der Waals surface area contributed by atoms with Crippen LogP contribution in [0, 0.1) is 0 Å². The number of carbonyl (C=O) groups excluding carboxylic acids is 1. The van der Waals surface area contributed by atoms with Gasteiger partial charge in [0.1, 0.15) is 0 Å². The van der Waals surface area contributed by atoms with Crippen molar-refractivity contribution in [2.75, 3.05) is 6.54 Å². The van der Waals surface area contributed by atoms with E-state index < -0.39 is 0 Å². The molecule has 22 heavy (non-hydrogen) atoms. The summed E-state index contributed by atoms with van der Waals surface area (Å²) in [5.41, 5.74) is 1.82. The molecule has 4 heterocycles. The fourth-order valence-electron chi connectivity index (χ4n) is 3.06. The molecule has 112 valence electrons. The van der Waals surface area contributed by atoms with E-state index in [0.29, 0.717) is 6.42 Å². The van der Waals surface area contributed by atoms with Gasteiger partial charge in [0.15, 0.2) is 4.96 Å². The zero-order valence-electron chi connectivity index (χ0n) is 12.1. The first kappa shape index (κ1) is 13.5. The van der Waals surface area contributed by atoms with Gasteiger partial charge < -0.3 is 4.90 Å². The lowest BCUT2D eigenvalue weighted by Gasteiger charge is -2.24. The van der Waals surface area contributed by atoms with Crippen molar-refractivity contribution >= 4 is 22.2 Å². The molecule has 0 saturated carbocycles. The molecule has 0 aromatic carbocycles. The van der Waals surface area contributed by atoms with E-state index in [1.165, 1.54) is 0 Å². The molecule has 1 saturated heterocycles. The smallest absolute Gasteiger partial charge is 0.229 e. The number of nitrogens with zero attached hydrogens (tertiary/aromatic N) is 4. The molecule has 0 spiro atoms. The van der Waals surface area contributed by atoms with Crippen LogP contribution in [-0.2, 0) is 11.2 Å². The Hall–Kier alpha value is -2.21. The van der Waals surface area contributed by atoms with Crippen molar-refractivity contribution in [2.45, 2.75) is 25.3 Å². The van der Waals surface area contributed by atoms with E-state index >= 15 is 0 Å². The lowest BCUT2D eigenvalue weighted by Crippen LogP contribution is -2.32. The maximum absolute atomic E-state index is 12.6. The van der Waals surface area contributed by atoms with Gasteiger partial charge in [0.2, 0.25) is 5.91 Å². The van der Waals surface area contributed by atoms with Crippen LogP contribution in [0.4, 0.5) is 0 Å². The van der Waals surface area contributed by atoms with Crippen LogP contribution in [0.3, 0.4) is 0 Å². The summed E-state index contributed by atoms with van der Waals surface area (Å²) >= 11 is 1.58. The zero-order valence-corrected chi connectivity index (χ0v) is 12.9. The molecule has 1 aliphatic heterocycles. The molecule has 1 unspecified atom stereocenters. The summed E-state index contributed by atoms with van der Waals surface area (Å²) in [6.45, 7) is 0.808. The quantitative estimate of drug-likeness (QED) is 0.747. The van der Waals surface area contributed by atoms with Gasteiger partial charge in [-0.05, 0) is 25.0 Å². The Kier molecular flexibility index (Phi) is 3.38. The number of rotatable bonds is 3. The number of carbonyl (C=O) groups is 1. The first-order chi connectivity index (χ1) is 10.8. The third kappa shape index (κ3) is 2.39. The molecule has 1 amide bonds. The standard InChI is InChI=1S/C16H16N4OS/c21-15(10-12-11-19-8-9-22-16(19)18-12)20-7-3-5-14(20)13-4-1-2-6-17-13/h1-2,4,6,8-9,11,14H,3,5,7,10H2. The second kappa shape index (κ2) is 5.53. The van der Waals surface area contributed by atoms with Crippen LogP contribution >= 0.6 is 11.3 Å². The fraction of sp³-hybridized carbons (Fsp3) is 0.312. The minimum atomic E-state index is 0.109. The van der Waals surface area contributed by atoms with E-state index in [1.807, 2.05) is 45.3 Å². The highest BCUT2D eigenvalue weighted by Gasteiger charge is 2.30. The predicted octanol–water partition coefficient (Wildman–Crippen LogP) is 2.70. The van der Waals surface area contributed by atoms with E-state index in [-0.39, 0.29) is 11.9 Å². The Labute approximate surface area is 132 Å². The topological polar surface area (TPSA) is 50.5 Å². The average molecular weight is 312 g/mol. The molecule has 5 nitrogen and oxygen atoms in total. The summed E-state index contributed by atoms with van der Waals surface area (Å²) in [6, 6.07) is 6.00. The number of imidazole rings is 1. The Morgan fingerprint density at radius 3 is 3.18 bits per heavy atom.